The summed E-state index contributed by atoms with van der Waals surface area (Å²) in [5.74, 6) is 1.16. The van der Waals surface area contributed by atoms with Gasteiger partial charge in [0.2, 0.25) is 0 Å². The van der Waals surface area contributed by atoms with Crippen molar-refractivity contribution in [3.63, 3.8) is 0 Å². The zero-order chi connectivity index (χ0) is 18.3. The van der Waals surface area contributed by atoms with Gasteiger partial charge >= 0.3 is 6.09 Å². The van der Waals surface area contributed by atoms with Gasteiger partial charge in [-0.15, -0.1) is 0 Å². The van der Waals surface area contributed by atoms with Crippen molar-refractivity contribution in [3.8, 4) is 0 Å². The number of likely N-dealkylation sites (tertiary alicyclic amines) is 1. The van der Waals surface area contributed by atoms with Crippen LogP contribution >= 0.6 is 0 Å². The van der Waals surface area contributed by atoms with Crippen molar-refractivity contribution in [2.75, 3.05) is 18.8 Å². The Bertz CT molecular complexity index is 530. The van der Waals surface area contributed by atoms with Crippen LogP contribution in [0.3, 0.4) is 0 Å². The number of hydrogen-bond acceptors (Lipinski definition) is 4. The number of aryl methyl sites for hydroxylation is 1. The zero-order valence-corrected chi connectivity index (χ0v) is 16.1. The minimum Gasteiger partial charge on any atom is -0.444 e. The van der Waals surface area contributed by atoms with Crippen LogP contribution in [0.1, 0.15) is 58.7 Å². The molecule has 5 heteroatoms. The van der Waals surface area contributed by atoms with Gasteiger partial charge in [-0.25, -0.2) is 9.78 Å². The van der Waals surface area contributed by atoms with Gasteiger partial charge in [0.15, 0.2) is 0 Å². The van der Waals surface area contributed by atoms with Gasteiger partial charge in [0.05, 0.1) is 0 Å². The number of ether oxygens (including phenoxy) is 1. The fraction of sp³-hybridized carbons (Fsp3) is 0.684. The highest BCUT2D eigenvalue weighted by molar-refractivity contribution is 5.68. The first-order chi connectivity index (χ1) is 11.2. The van der Waals surface area contributed by atoms with Gasteiger partial charge in [-0.1, -0.05) is 19.9 Å². The number of amides is 1. The molecule has 2 N–H and O–H groups in total. The normalized spacial score (nSPS) is 15.5. The fourth-order valence-corrected chi connectivity index (χ4v) is 2.78. The molecule has 1 fully saturated rings. The Kier molecular flexibility index (Phi) is 7.52. The lowest BCUT2D eigenvalue weighted by molar-refractivity contribution is 0.0184. The van der Waals surface area contributed by atoms with Crippen LogP contribution in [0.5, 0.6) is 0 Å². The van der Waals surface area contributed by atoms with E-state index in [9.17, 15) is 4.79 Å². The van der Waals surface area contributed by atoms with Crippen molar-refractivity contribution in [2.24, 2.45) is 5.92 Å². The quantitative estimate of drug-likeness (QED) is 0.880. The number of rotatable bonds is 2. The molecule has 0 atom stereocenters. The van der Waals surface area contributed by atoms with Crippen molar-refractivity contribution in [1.29, 1.82) is 0 Å². The van der Waals surface area contributed by atoms with E-state index in [1.54, 1.807) is 0 Å². The maximum atomic E-state index is 12.1. The average Bonchev–Trinajstić information content (AvgIpc) is 2.51. The first-order valence-electron chi connectivity index (χ1n) is 8.94. The number of anilines is 1. The van der Waals surface area contributed by atoms with E-state index in [0.29, 0.717) is 11.7 Å². The molecule has 136 valence electrons. The summed E-state index contributed by atoms with van der Waals surface area (Å²) in [5, 5.41) is 0. The van der Waals surface area contributed by atoms with E-state index >= 15 is 0 Å². The van der Waals surface area contributed by atoms with E-state index in [4.69, 9.17) is 10.5 Å². The number of nitrogens with two attached hydrogens (primary N) is 1. The Morgan fingerprint density at radius 3 is 2.38 bits per heavy atom. The topological polar surface area (TPSA) is 68.5 Å². The van der Waals surface area contributed by atoms with Gasteiger partial charge in [-0.2, -0.15) is 0 Å². The van der Waals surface area contributed by atoms with Crippen LogP contribution in [0.25, 0.3) is 0 Å². The summed E-state index contributed by atoms with van der Waals surface area (Å²) in [7, 11) is 0. The summed E-state index contributed by atoms with van der Waals surface area (Å²) in [6.07, 6.45) is 2.81. The second-order valence-electron chi connectivity index (χ2n) is 7.10. The zero-order valence-electron chi connectivity index (χ0n) is 16.1. The molecule has 1 aromatic rings. The van der Waals surface area contributed by atoms with Crippen LogP contribution in [0.4, 0.5) is 10.6 Å². The predicted octanol–water partition coefficient (Wildman–Crippen LogP) is 4.19. The number of aromatic nitrogens is 1. The van der Waals surface area contributed by atoms with Crippen molar-refractivity contribution in [1.82, 2.24) is 9.88 Å². The van der Waals surface area contributed by atoms with E-state index < -0.39 is 5.60 Å². The van der Waals surface area contributed by atoms with Gasteiger partial charge < -0.3 is 15.4 Å². The summed E-state index contributed by atoms with van der Waals surface area (Å²) in [5.41, 5.74) is 7.53. The van der Waals surface area contributed by atoms with E-state index in [1.165, 1.54) is 5.56 Å². The number of hydrogen-bond donors (Lipinski definition) is 1. The average molecular weight is 335 g/mol. The van der Waals surface area contributed by atoms with Gasteiger partial charge in [0.1, 0.15) is 11.4 Å². The van der Waals surface area contributed by atoms with Crippen LogP contribution in [-0.4, -0.2) is 34.7 Å². The Labute approximate surface area is 146 Å². The summed E-state index contributed by atoms with van der Waals surface area (Å²) in [6.45, 7) is 13.2. The monoisotopic (exact) mass is 335 g/mol. The molecule has 2 heterocycles. The van der Waals surface area contributed by atoms with Crippen molar-refractivity contribution in [2.45, 2.75) is 66.4 Å². The standard InChI is InChI=1S/C17H27N3O2.C2H6/c1-12-14(5-6-15(18)19-12)11-13-7-9-20(10-8-13)16(21)22-17(2,3)4;1-2/h5-6,13H,7-11H2,1-4H3,(H2,18,19);1-2H3. The maximum Gasteiger partial charge on any atom is 0.410 e. The number of nitrogens with zero attached hydrogens (tertiary/aromatic N) is 2. The maximum absolute atomic E-state index is 12.1. The molecule has 0 unspecified atom stereocenters. The molecule has 0 spiro atoms. The van der Waals surface area contributed by atoms with Crippen LogP contribution in [0.2, 0.25) is 0 Å². The van der Waals surface area contributed by atoms with Crippen molar-refractivity contribution in [3.05, 3.63) is 23.4 Å². The molecule has 0 saturated carbocycles. The molecular formula is C19H33N3O2. The molecular weight excluding hydrogens is 302 g/mol. The summed E-state index contributed by atoms with van der Waals surface area (Å²) >= 11 is 0. The van der Waals surface area contributed by atoms with Gasteiger partial charge in [-0.3, -0.25) is 0 Å². The van der Waals surface area contributed by atoms with Crippen molar-refractivity contribution >= 4 is 11.9 Å². The Balaban J connectivity index is 0.00000139. The molecule has 1 aliphatic heterocycles. The van der Waals surface area contributed by atoms with Crippen LogP contribution in [0, 0.1) is 12.8 Å². The minimum atomic E-state index is -0.430. The third kappa shape index (κ3) is 6.38. The third-order valence-corrected chi connectivity index (χ3v) is 3.99. The molecule has 0 aliphatic carbocycles. The second kappa shape index (κ2) is 8.90. The van der Waals surface area contributed by atoms with E-state index in [0.717, 1.165) is 38.0 Å². The molecule has 1 aromatic heterocycles. The van der Waals surface area contributed by atoms with Crippen LogP contribution < -0.4 is 5.73 Å². The van der Waals surface area contributed by atoms with E-state index in [2.05, 4.69) is 11.1 Å². The van der Waals surface area contributed by atoms with Crippen LogP contribution in [-0.2, 0) is 11.2 Å². The Morgan fingerprint density at radius 2 is 1.88 bits per heavy atom. The summed E-state index contributed by atoms with van der Waals surface area (Å²) < 4.78 is 5.43. The number of carbonyl (C=O) groups is 1. The molecule has 1 amide bonds. The van der Waals surface area contributed by atoms with Crippen LogP contribution in [0.15, 0.2) is 12.1 Å². The summed E-state index contributed by atoms with van der Waals surface area (Å²) in [6, 6.07) is 3.93. The van der Waals surface area contributed by atoms with E-state index in [-0.39, 0.29) is 6.09 Å². The molecule has 1 saturated heterocycles. The Hall–Kier alpha value is -1.78. The smallest absolute Gasteiger partial charge is 0.410 e. The molecule has 0 radical (unpaired) electrons. The highest BCUT2D eigenvalue weighted by Gasteiger charge is 2.27. The molecule has 0 aromatic carbocycles. The minimum absolute atomic E-state index is 0.198. The third-order valence-electron chi connectivity index (χ3n) is 3.99. The van der Waals surface area contributed by atoms with E-state index in [1.807, 2.05) is 52.5 Å². The largest absolute Gasteiger partial charge is 0.444 e. The number of pyridine rings is 1. The van der Waals surface area contributed by atoms with Gasteiger partial charge in [-0.05, 0) is 64.5 Å². The molecule has 1 aliphatic rings. The SMILES string of the molecule is CC.Cc1nc(N)ccc1CC1CCN(C(=O)OC(C)(C)C)CC1. The van der Waals surface area contributed by atoms with Crippen molar-refractivity contribution < 1.29 is 9.53 Å². The number of nitrogen functional groups attached to an aromatic ring is 1. The second-order valence-corrected chi connectivity index (χ2v) is 7.10. The molecule has 5 nitrogen and oxygen atoms in total. The van der Waals surface area contributed by atoms with Gasteiger partial charge in [0.25, 0.3) is 0 Å². The number of piperidine rings is 1. The molecule has 0 bridgehead atoms. The predicted molar refractivity (Wildman–Crippen MR) is 99.0 cm³/mol. The highest BCUT2D eigenvalue weighted by Crippen LogP contribution is 2.24. The first-order valence-corrected chi connectivity index (χ1v) is 8.94. The lowest BCUT2D eigenvalue weighted by Gasteiger charge is -2.33. The summed E-state index contributed by atoms with van der Waals surface area (Å²) in [4.78, 5) is 18.2. The van der Waals surface area contributed by atoms with Gasteiger partial charge in [0, 0.05) is 18.8 Å². The number of carbonyl (C=O) groups excluding carboxylic acids is 1. The lowest BCUT2D eigenvalue weighted by atomic mass is 9.90. The fourth-order valence-electron chi connectivity index (χ4n) is 2.78. The highest BCUT2D eigenvalue weighted by atomic mass is 16.6. The molecule has 2 rings (SSSR count). The Morgan fingerprint density at radius 1 is 1.29 bits per heavy atom. The first kappa shape index (κ1) is 20.3. The lowest BCUT2D eigenvalue weighted by Crippen LogP contribution is -2.42. The molecule has 24 heavy (non-hydrogen) atoms.